The SMILES string of the molecule is CN=C(NCc1cccc(NC(=O)CCN2CCOCC2)c1)N(C)Cc1cccc(F)c1. The van der Waals surface area contributed by atoms with Crippen molar-refractivity contribution in [1.82, 2.24) is 15.1 Å². The van der Waals surface area contributed by atoms with Gasteiger partial charge < -0.3 is 20.3 Å². The molecular weight excluding hydrogens is 409 g/mol. The minimum Gasteiger partial charge on any atom is -0.379 e. The summed E-state index contributed by atoms with van der Waals surface area (Å²) in [6, 6.07) is 14.3. The van der Waals surface area contributed by atoms with Crippen molar-refractivity contribution in [1.29, 1.82) is 0 Å². The molecule has 1 fully saturated rings. The molecular formula is C24H32FN5O2. The van der Waals surface area contributed by atoms with Crippen LogP contribution in [0.2, 0.25) is 0 Å². The highest BCUT2D eigenvalue weighted by atomic mass is 19.1. The van der Waals surface area contributed by atoms with E-state index in [4.69, 9.17) is 4.74 Å². The molecule has 0 radical (unpaired) electrons. The molecule has 0 unspecified atom stereocenters. The summed E-state index contributed by atoms with van der Waals surface area (Å²) in [5.74, 6) is 0.462. The summed E-state index contributed by atoms with van der Waals surface area (Å²) in [6.45, 7) is 5.06. The molecule has 1 aliphatic rings. The van der Waals surface area contributed by atoms with Crippen LogP contribution in [-0.4, -0.2) is 68.6 Å². The molecule has 1 aliphatic heterocycles. The van der Waals surface area contributed by atoms with Crippen molar-refractivity contribution in [2.45, 2.75) is 19.5 Å². The number of hydrogen-bond acceptors (Lipinski definition) is 4. The summed E-state index contributed by atoms with van der Waals surface area (Å²) in [4.78, 5) is 20.8. The lowest BCUT2D eigenvalue weighted by Gasteiger charge is -2.26. The molecule has 2 aromatic rings. The lowest BCUT2D eigenvalue weighted by Crippen LogP contribution is -2.38. The largest absolute Gasteiger partial charge is 0.379 e. The highest BCUT2D eigenvalue weighted by molar-refractivity contribution is 5.90. The van der Waals surface area contributed by atoms with Gasteiger partial charge in [-0.25, -0.2) is 4.39 Å². The number of hydrogen-bond donors (Lipinski definition) is 2. The first kappa shape index (κ1) is 23.7. The molecule has 0 aromatic heterocycles. The number of benzene rings is 2. The van der Waals surface area contributed by atoms with Crippen LogP contribution in [0.3, 0.4) is 0 Å². The zero-order chi connectivity index (χ0) is 22.8. The van der Waals surface area contributed by atoms with Crippen LogP contribution >= 0.6 is 0 Å². The predicted octanol–water partition coefficient (Wildman–Crippen LogP) is 2.69. The van der Waals surface area contributed by atoms with Gasteiger partial charge >= 0.3 is 0 Å². The number of nitrogens with zero attached hydrogens (tertiary/aromatic N) is 3. The first-order valence-electron chi connectivity index (χ1n) is 10.9. The van der Waals surface area contributed by atoms with Crippen molar-refractivity contribution in [2.24, 2.45) is 4.99 Å². The highest BCUT2D eigenvalue weighted by Crippen LogP contribution is 2.12. The molecule has 2 N–H and O–H groups in total. The molecule has 0 spiro atoms. The van der Waals surface area contributed by atoms with E-state index in [0.717, 1.165) is 49.7 Å². The van der Waals surface area contributed by atoms with E-state index in [0.29, 0.717) is 25.5 Å². The molecule has 7 nitrogen and oxygen atoms in total. The fourth-order valence-electron chi connectivity index (χ4n) is 3.62. The molecule has 172 valence electrons. The topological polar surface area (TPSA) is 69.2 Å². The summed E-state index contributed by atoms with van der Waals surface area (Å²) in [5, 5.41) is 6.30. The second-order valence-electron chi connectivity index (χ2n) is 7.84. The Kier molecular flexibility index (Phi) is 9.01. The minimum absolute atomic E-state index is 0.00670. The minimum atomic E-state index is -0.248. The third kappa shape index (κ3) is 7.62. The third-order valence-corrected chi connectivity index (χ3v) is 5.30. The summed E-state index contributed by atoms with van der Waals surface area (Å²) < 4.78 is 18.8. The first-order valence-corrected chi connectivity index (χ1v) is 10.9. The molecule has 32 heavy (non-hydrogen) atoms. The van der Waals surface area contributed by atoms with Gasteiger partial charge in [-0.15, -0.1) is 0 Å². The third-order valence-electron chi connectivity index (χ3n) is 5.30. The van der Waals surface area contributed by atoms with Gasteiger partial charge in [-0.05, 0) is 35.4 Å². The predicted molar refractivity (Wildman–Crippen MR) is 125 cm³/mol. The van der Waals surface area contributed by atoms with E-state index in [1.165, 1.54) is 12.1 Å². The monoisotopic (exact) mass is 441 g/mol. The zero-order valence-electron chi connectivity index (χ0n) is 18.8. The standard InChI is InChI=1S/C24H32FN5O2/c1-26-24(29(2)18-20-6-3-7-21(25)15-20)27-17-19-5-4-8-22(16-19)28-23(31)9-10-30-11-13-32-14-12-30/h3-8,15-16H,9-14,17-18H2,1-2H3,(H,26,27)(H,28,31). The molecule has 0 bridgehead atoms. The number of halogens is 1. The van der Waals surface area contributed by atoms with Crippen LogP contribution in [0.15, 0.2) is 53.5 Å². The second kappa shape index (κ2) is 12.2. The Morgan fingerprint density at radius 3 is 2.66 bits per heavy atom. The fourth-order valence-corrected chi connectivity index (χ4v) is 3.62. The van der Waals surface area contributed by atoms with Crippen LogP contribution < -0.4 is 10.6 Å². The molecule has 0 aliphatic carbocycles. The van der Waals surface area contributed by atoms with Gasteiger partial charge in [0.05, 0.1) is 13.2 Å². The van der Waals surface area contributed by atoms with Gasteiger partial charge in [0.25, 0.3) is 0 Å². The number of guanidine groups is 1. The van der Waals surface area contributed by atoms with Crippen molar-refractivity contribution in [2.75, 3.05) is 52.3 Å². The van der Waals surface area contributed by atoms with Gasteiger partial charge in [0.2, 0.25) is 5.91 Å². The number of rotatable bonds is 8. The number of carbonyl (C=O) groups excluding carboxylic acids is 1. The molecule has 8 heteroatoms. The van der Waals surface area contributed by atoms with Crippen LogP contribution in [-0.2, 0) is 22.6 Å². The van der Waals surface area contributed by atoms with Crippen molar-refractivity contribution < 1.29 is 13.9 Å². The molecule has 3 rings (SSSR count). The molecule has 1 heterocycles. The first-order chi connectivity index (χ1) is 15.5. The lowest BCUT2D eigenvalue weighted by molar-refractivity contribution is -0.116. The van der Waals surface area contributed by atoms with Gasteiger partial charge in [-0.1, -0.05) is 24.3 Å². The number of morpholine rings is 1. The molecule has 2 aromatic carbocycles. The number of carbonyl (C=O) groups is 1. The Bertz CT molecular complexity index is 915. The maximum Gasteiger partial charge on any atom is 0.225 e. The Balaban J connectivity index is 1.48. The van der Waals surface area contributed by atoms with E-state index in [1.54, 1.807) is 13.1 Å². The van der Waals surface area contributed by atoms with Crippen LogP contribution in [0.4, 0.5) is 10.1 Å². The Morgan fingerprint density at radius 2 is 1.91 bits per heavy atom. The van der Waals surface area contributed by atoms with Gasteiger partial charge in [-0.3, -0.25) is 14.7 Å². The van der Waals surface area contributed by atoms with Crippen molar-refractivity contribution in [3.63, 3.8) is 0 Å². The normalized spacial score (nSPS) is 14.8. The van der Waals surface area contributed by atoms with Crippen LogP contribution in [0.25, 0.3) is 0 Å². The van der Waals surface area contributed by atoms with Crippen LogP contribution in [0.1, 0.15) is 17.5 Å². The molecule has 0 saturated carbocycles. The van der Waals surface area contributed by atoms with E-state index in [2.05, 4.69) is 20.5 Å². The maximum atomic E-state index is 13.4. The maximum absolute atomic E-state index is 13.4. The lowest BCUT2D eigenvalue weighted by atomic mass is 10.2. The number of amides is 1. The van der Waals surface area contributed by atoms with Crippen molar-refractivity contribution >= 4 is 17.6 Å². The van der Waals surface area contributed by atoms with Crippen molar-refractivity contribution in [3.05, 3.63) is 65.5 Å². The van der Waals surface area contributed by atoms with Crippen LogP contribution in [0.5, 0.6) is 0 Å². The Labute approximate surface area is 189 Å². The fraction of sp³-hybridized carbons (Fsp3) is 0.417. The smallest absolute Gasteiger partial charge is 0.225 e. The van der Waals surface area contributed by atoms with E-state index in [9.17, 15) is 9.18 Å². The van der Waals surface area contributed by atoms with E-state index >= 15 is 0 Å². The highest BCUT2D eigenvalue weighted by Gasteiger charge is 2.12. The summed E-state index contributed by atoms with van der Waals surface area (Å²) in [7, 11) is 3.63. The van der Waals surface area contributed by atoms with Gasteiger partial charge in [-0.2, -0.15) is 0 Å². The summed E-state index contributed by atoms with van der Waals surface area (Å²) in [6.07, 6.45) is 0.458. The second-order valence-corrected chi connectivity index (χ2v) is 7.84. The number of nitrogens with one attached hydrogen (secondary N) is 2. The summed E-state index contributed by atoms with van der Waals surface area (Å²) in [5.41, 5.74) is 2.67. The average molecular weight is 442 g/mol. The Morgan fingerprint density at radius 1 is 1.16 bits per heavy atom. The van der Waals surface area contributed by atoms with E-state index in [-0.39, 0.29) is 11.7 Å². The van der Waals surface area contributed by atoms with Gasteiger partial charge in [0, 0.05) is 58.9 Å². The van der Waals surface area contributed by atoms with Crippen LogP contribution in [0, 0.1) is 5.82 Å². The number of ether oxygens (including phenoxy) is 1. The molecule has 1 saturated heterocycles. The molecule has 0 atom stereocenters. The Hall–Kier alpha value is -2.97. The number of anilines is 1. The average Bonchev–Trinajstić information content (AvgIpc) is 2.79. The van der Waals surface area contributed by atoms with Gasteiger partial charge in [0.1, 0.15) is 5.82 Å². The zero-order valence-corrected chi connectivity index (χ0v) is 18.8. The molecule has 1 amide bonds. The van der Waals surface area contributed by atoms with E-state index < -0.39 is 0 Å². The quantitative estimate of drug-likeness (QED) is 0.487. The van der Waals surface area contributed by atoms with Crippen molar-refractivity contribution in [3.8, 4) is 0 Å². The van der Waals surface area contributed by atoms with E-state index in [1.807, 2.05) is 42.3 Å². The number of aliphatic imine (C=N–C) groups is 1. The summed E-state index contributed by atoms with van der Waals surface area (Å²) >= 11 is 0. The van der Waals surface area contributed by atoms with Gasteiger partial charge in [0.15, 0.2) is 5.96 Å².